The Labute approximate surface area is 148 Å². The monoisotopic (exact) mass is 339 g/mol. The SMILES string of the molecule is Cc1cccc(C(C)(C)CNC(=O)c2ccc(CNC(N)=O)cc2)c1. The summed E-state index contributed by atoms with van der Waals surface area (Å²) in [5.41, 5.74) is 8.75. The number of rotatable bonds is 6. The smallest absolute Gasteiger partial charge is 0.312 e. The Bertz CT molecular complexity index is 752. The van der Waals surface area contributed by atoms with Gasteiger partial charge in [-0.3, -0.25) is 4.79 Å². The van der Waals surface area contributed by atoms with Gasteiger partial charge < -0.3 is 16.4 Å². The molecular weight excluding hydrogens is 314 g/mol. The van der Waals surface area contributed by atoms with Crippen molar-refractivity contribution < 1.29 is 9.59 Å². The Morgan fingerprint density at radius 3 is 2.32 bits per heavy atom. The molecule has 0 heterocycles. The van der Waals surface area contributed by atoms with Crippen molar-refractivity contribution in [1.29, 1.82) is 0 Å². The van der Waals surface area contributed by atoms with E-state index in [0.29, 0.717) is 18.7 Å². The fourth-order valence-electron chi connectivity index (χ4n) is 2.53. The van der Waals surface area contributed by atoms with E-state index in [9.17, 15) is 9.59 Å². The Kier molecular flexibility index (Phi) is 5.80. The highest BCUT2D eigenvalue weighted by molar-refractivity contribution is 5.94. The molecule has 132 valence electrons. The van der Waals surface area contributed by atoms with Crippen LogP contribution in [0.4, 0.5) is 4.79 Å². The van der Waals surface area contributed by atoms with Crippen LogP contribution < -0.4 is 16.4 Å². The van der Waals surface area contributed by atoms with Gasteiger partial charge in [0.25, 0.3) is 5.91 Å². The Morgan fingerprint density at radius 1 is 1.04 bits per heavy atom. The summed E-state index contributed by atoms with van der Waals surface area (Å²) in [7, 11) is 0. The van der Waals surface area contributed by atoms with Gasteiger partial charge in [0.2, 0.25) is 0 Å². The number of nitrogens with two attached hydrogens (primary N) is 1. The lowest BCUT2D eigenvalue weighted by Crippen LogP contribution is -2.36. The first-order chi connectivity index (χ1) is 11.8. The molecule has 25 heavy (non-hydrogen) atoms. The number of carbonyl (C=O) groups is 2. The van der Waals surface area contributed by atoms with Crippen molar-refractivity contribution in [2.24, 2.45) is 5.73 Å². The van der Waals surface area contributed by atoms with Crippen LogP contribution in [0.3, 0.4) is 0 Å². The molecule has 0 aliphatic carbocycles. The molecule has 5 heteroatoms. The number of benzene rings is 2. The molecule has 0 aliphatic rings. The van der Waals surface area contributed by atoms with E-state index in [-0.39, 0.29) is 11.3 Å². The summed E-state index contributed by atoms with van der Waals surface area (Å²) < 4.78 is 0. The summed E-state index contributed by atoms with van der Waals surface area (Å²) >= 11 is 0. The van der Waals surface area contributed by atoms with E-state index in [1.54, 1.807) is 24.3 Å². The van der Waals surface area contributed by atoms with E-state index in [0.717, 1.165) is 5.56 Å². The number of hydrogen-bond acceptors (Lipinski definition) is 2. The third-order valence-electron chi connectivity index (χ3n) is 4.17. The highest BCUT2D eigenvalue weighted by Crippen LogP contribution is 2.23. The van der Waals surface area contributed by atoms with Gasteiger partial charge in [-0.15, -0.1) is 0 Å². The van der Waals surface area contributed by atoms with Gasteiger partial charge >= 0.3 is 6.03 Å². The Balaban J connectivity index is 1.96. The Morgan fingerprint density at radius 2 is 1.72 bits per heavy atom. The summed E-state index contributed by atoms with van der Waals surface area (Å²) in [6.45, 7) is 7.17. The first kappa shape index (κ1) is 18.5. The van der Waals surface area contributed by atoms with E-state index < -0.39 is 6.03 Å². The van der Waals surface area contributed by atoms with Crippen LogP contribution in [0.5, 0.6) is 0 Å². The largest absolute Gasteiger partial charge is 0.352 e. The molecule has 4 N–H and O–H groups in total. The number of urea groups is 1. The zero-order valence-corrected chi connectivity index (χ0v) is 14.9. The number of carbonyl (C=O) groups excluding carboxylic acids is 2. The lowest BCUT2D eigenvalue weighted by atomic mass is 9.84. The van der Waals surface area contributed by atoms with Crippen molar-refractivity contribution in [3.63, 3.8) is 0 Å². The molecule has 2 rings (SSSR count). The second-order valence-electron chi connectivity index (χ2n) is 6.85. The Hall–Kier alpha value is -2.82. The number of primary amides is 1. The predicted octanol–water partition coefficient (Wildman–Crippen LogP) is 2.87. The van der Waals surface area contributed by atoms with Crippen LogP contribution in [-0.4, -0.2) is 18.5 Å². The van der Waals surface area contributed by atoms with Crippen molar-refractivity contribution in [1.82, 2.24) is 10.6 Å². The molecule has 0 spiro atoms. The summed E-state index contributed by atoms with van der Waals surface area (Å²) in [6.07, 6.45) is 0. The first-order valence-electron chi connectivity index (χ1n) is 8.25. The zero-order chi connectivity index (χ0) is 18.4. The van der Waals surface area contributed by atoms with Crippen molar-refractivity contribution in [2.45, 2.75) is 32.7 Å². The molecule has 0 fully saturated rings. The van der Waals surface area contributed by atoms with Crippen LogP contribution in [-0.2, 0) is 12.0 Å². The van der Waals surface area contributed by atoms with E-state index in [4.69, 9.17) is 5.73 Å². The topological polar surface area (TPSA) is 84.2 Å². The van der Waals surface area contributed by atoms with Gasteiger partial charge in [0, 0.05) is 24.1 Å². The van der Waals surface area contributed by atoms with Crippen LogP contribution in [0.1, 0.15) is 40.9 Å². The predicted molar refractivity (Wildman–Crippen MR) is 99.4 cm³/mol. The fourth-order valence-corrected chi connectivity index (χ4v) is 2.53. The third-order valence-corrected chi connectivity index (χ3v) is 4.17. The summed E-state index contributed by atoms with van der Waals surface area (Å²) in [6, 6.07) is 14.8. The molecule has 3 amide bonds. The highest BCUT2D eigenvalue weighted by Gasteiger charge is 2.21. The van der Waals surface area contributed by atoms with Crippen LogP contribution in [0.25, 0.3) is 0 Å². The summed E-state index contributed by atoms with van der Waals surface area (Å²) in [5.74, 6) is -0.116. The molecule has 2 aromatic rings. The van der Waals surface area contributed by atoms with E-state index >= 15 is 0 Å². The summed E-state index contributed by atoms with van der Waals surface area (Å²) in [4.78, 5) is 23.1. The van der Waals surface area contributed by atoms with Gasteiger partial charge in [-0.05, 0) is 30.2 Å². The van der Waals surface area contributed by atoms with Gasteiger partial charge in [0.15, 0.2) is 0 Å². The molecule has 2 aromatic carbocycles. The molecule has 0 aliphatic heterocycles. The van der Waals surface area contributed by atoms with Gasteiger partial charge in [-0.25, -0.2) is 4.79 Å². The number of amides is 3. The minimum Gasteiger partial charge on any atom is -0.352 e. The molecule has 0 aromatic heterocycles. The van der Waals surface area contributed by atoms with Crippen LogP contribution in [0.2, 0.25) is 0 Å². The van der Waals surface area contributed by atoms with Gasteiger partial charge in [-0.1, -0.05) is 55.8 Å². The lowest BCUT2D eigenvalue weighted by Gasteiger charge is -2.26. The van der Waals surface area contributed by atoms with Crippen molar-refractivity contribution in [3.8, 4) is 0 Å². The first-order valence-corrected chi connectivity index (χ1v) is 8.25. The van der Waals surface area contributed by atoms with Crippen molar-refractivity contribution in [2.75, 3.05) is 6.54 Å². The van der Waals surface area contributed by atoms with E-state index in [1.165, 1.54) is 11.1 Å². The van der Waals surface area contributed by atoms with Crippen LogP contribution in [0, 0.1) is 6.92 Å². The maximum absolute atomic E-state index is 12.4. The minimum atomic E-state index is -0.569. The molecule has 5 nitrogen and oxygen atoms in total. The second-order valence-corrected chi connectivity index (χ2v) is 6.85. The van der Waals surface area contributed by atoms with Crippen LogP contribution >= 0.6 is 0 Å². The third kappa shape index (κ3) is 5.35. The second kappa shape index (κ2) is 7.83. The van der Waals surface area contributed by atoms with Crippen LogP contribution in [0.15, 0.2) is 48.5 Å². The van der Waals surface area contributed by atoms with Crippen molar-refractivity contribution in [3.05, 3.63) is 70.8 Å². The number of aryl methyl sites for hydroxylation is 1. The summed E-state index contributed by atoms with van der Waals surface area (Å²) in [5, 5.41) is 5.51. The average molecular weight is 339 g/mol. The normalized spacial score (nSPS) is 11.0. The van der Waals surface area contributed by atoms with Gasteiger partial charge in [0.1, 0.15) is 0 Å². The average Bonchev–Trinajstić information content (AvgIpc) is 2.58. The molecule has 0 unspecified atom stereocenters. The molecule has 0 saturated carbocycles. The standard InChI is InChI=1S/C20H25N3O2/c1-14-5-4-6-17(11-14)20(2,3)13-23-18(24)16-9-7-15(8-10-16)12-22-19(21)25/h4-11H,12-13H2,1-3H3,(H,23,24)(H3,21,22,25). The van der Waals surface area contributed by atoms with Crippen molar-refractivity contribution >= 4 is 11.9 Å². The molecule has 0 saturated heterocycles. The molecule has 0 radical (unpaired) electrons. The maximum atomic E-state index is 12.4. The fraction of sp³-hybridized carbons (Fsp3) is 0.300. The zero-order valence-electron chi connectivity index (χ0n) is 14.9. The quantitative estimate of drug-likeness (QED) is 0.756. The number of hydrogen-bond donors (Lipinski definition) is 3. The minimum absolute atomic E-state index is 0.116. The molecule has 0 atom stereocenters. The maximum Gasteiger partial charge on any atom is 0.312 e. The number of nitrogens with one attached hydrogen (secondary N) is 2. The van der Waals surface area contributed by atoms with E-state index in [2.05, 4.69) is 49.6 Å². The van der Waals surface area contributed by atoms with Gasteiger partial charge in [0.05, 0.1) is 0 Å². The lowest BCUT2D eigenvalue weighted by molar-refractivity contribution is 0.0945. The molecular formula is C20H25N3O2. The molecule has 0 bridgehead atoms. The van der Waals surface area contributed by atoms with E-state index in [1.807, 2.05) is 6.07 Å². The van der Waals surface area contributed by atoms with Gasteiger partial charge in [-0.2, -0.15) is 0 Å². The highest BCUT2D eigenvalue weighted by atomic mass is 16.2.